The summed E-state index contributed by atoms with van der Waals surface area (Å²) in [6.07, 6.45) is 4.48. The number of nitrogens with zero attached hydrogens (tertiary/aromatic N) is 1. The first-order valence-corrected chi connectivity index (χ1v) is 10.8. The molecule has 0 radical (unpaired) electrons. The van der Waals surface area contributed by atoms with Gasteiger partial charge in [0.25, 0.3) is 5.91 Å². The predicted molar refractivity (Wildman–Crippen MR) is 114 cm³/mol. The van der Waals surface area contributed by atoms with Crippen LogP contribution in [0, 0.1) is 0 Å². The van der Waals surface area contributed by atoms with E-state index < -0.39 is 20.6 Å². The Labute approximate surface area is 178 Å². The second kappa shape index (κ2) is 9.22. The van der Waals surface area contributed by atoms with Crippen molar-refractivity contribution in [3.63, 3.8) is 0 Å². The van der Waals surface area contributed by atoms with Gasteiger partial charge in [0, 0.05) is 18.9 Å². The van der Waals surface area contributed by atoms with Gasteiger partial charge in [0.05, 0.1) is 14.9 Å². The molecule has 0 spiro atoms. The van der Waals surface area contributed by atoms with E-state index in [1.54, 1.807) is 48.8 Å². The molecule has 1 N–H and O–H groups in total. The lowest BCUT2D eigenvalue weighted by molar-refractivity contribution is -0.116. The van der Waals surface area contributed by atoms with Gasteiger partial charge in [-0.15, -0.1) is 0 Å². The van der Waals surface area contributed by atoms with Gasteiger partial charge in [-0.05, 0) is 47.5 Å². The molecule has 1 amide bonds. The highest BCUT2D eigenvalue weighted by Gasteiger charge is 2.27. The Morgan fingerprint density at radius 1 is 1.00 bits per heavy atom. The number of aromatic nitrogens is 1. The SMILES string of the molecule is O=C(NCc1cccnc1)/C(=C/c1ccc(Cl)c(Cl)c1)S(=O)(=O)c1ccccc1. The van der Waals surface area contributed by atoms with Crippen LogP contribution in [0.4, 0.5) is 0 Å². The molecule has 5 nitrogen and oxygen atoms in total. The van der Waals surface area contributed by atoms with E-state index in [4.69, 9.17) is 23.2 Å². The number of hydrogen-bond donors (Lipinski definition) is 1. The summed E-state index contributed by atoms with van der Waals surface area (Å²) in [7, 11) is -4.07. The van der Waals surface area contributed by atoms with Crippen LogP contribution in [0.25, 0.3) is 6.08 Å². The molecule has 3 aromatic rings. The molecule has 0 saturated carbocycles. The van der Waals surface area contributed by atoms with Crippen LogP contribution in [0.15, 0.2) is 82.9 Å². The van der Waals surface area contributed by atoms with Gasteiger partial charge in [0.15, 0.2) is 0 Å². The maximum Gasteiger partial charge on any atom is 0.263 e. The second-order valence-electron chi connectivity index (χ2n) is 6.04. The number of halogens is 2. The van der Waals surface area contributed by atoms with Crippen LogP contribution in [0.5, 0.6) is 0 Å². The summed E-state index contributed by atoms with van der Waals surface area (Å²) in [5.74, 6) is -0.733. The first-order chi connectivity index (χ1) is 13.9. The van der Waals surface area contributed by atoms with Crippen molar-refractivity contribution in [3.8, 4) is 0 Å². The van der Waals surface area contributed by atoms with Crippen LogP contribution in [-0.4, -0.2) is 19.3 Å². The quantitative estimate of drug-likeness (QED) is 0.564. The first kappa shape index (κ1) is 21.0. The molecule has 0 fully saturated rings. The van der Waals surface area contributed by atoms with Crippen LogP contribution in [0.1, 0.15) is 11.1 Å². The average molecular weight is 447 g/mol. The third-order valence-electron chi connectivity index (χ3n) is 3.98. The Morgan fingerprint density at radius 2 is 1.76 bits per heavy atom. The highest BCUT2D eigenvalue weighted by molar-refractivity contribution is 7.96. The summed E-state index contributed by atoms with van der Waals surface area (Å²) in [6.45, 7) is 0.135. The number of hydrogen-bond acceptors (Lipinski definition) is 4. The number of benzene rings is 2. The summed E-state index contributed by atoms with van der Waals surface area (Å²) in [5.41, 5.74) is 1.18. The zero-order chi connectivity index (χ0) is 20.9. The molecule has 0 aliphatic carbocycles. The fourth-order valence-electron chi connectivity index (χ4n) is 2.52. The van der Waals surface area contributed by atoms with Crippen molar-refractivity contribution in [2.24, 2.45) is 0 Å². The van der Waals surface area contributed by atoms with Gasteiger partial charge in [0.2, 0.25) is 9.84 Å². The molecule has 2 aromatic carbocycles. The number of amides is 1. The Morgan fingerprint density at radius 3 is 2.41 bits per heavy atom. The van der Waals surface area contributed by atoms with Crippen molar-refractivity contribution < 1.29 is 13.2 Å². The highest BCUT2D eigenvalue weighted by atomic mass is 35.5. The van der Waals surface area contributed by atoms with E-state index in [-0.39, 0.29) is 16.5 Å². The van der Waals surface area contributed by atoms with E-state index in [0.29, 0.717) is 10.6 Å². The Hall–Kier alpha value is -2.67. The Balaban J connectivity index is 2.00. The maximum atomic E-state index is 13.1. The predicted octanol–water partition coefficient (Wildman–Crippen LogP) is 4.52. The summed E-state index contributed by atoms with van der Waals surface area (Å²) in [4.78, 5) is 16.5. The normalized spacial score (nSPS) is 11.9. The van der Waals surface area contributed by atoms with E-state index in [0.717, 1.165) is 5.56 Å². The molecule has 0 atom stereocenters. The van der Waals surface area contributed by atoms with Crippen molar-refractivity contribution in [3.05, 3.63) is 99.1 Å². The zero-order valence-electron chi connectivity index (χ0n) is 15.0. The summed E-state index contributed by atoms with van der Waals surface area (Å²) in [5, 5.41) is 3.22. The van der Waals surface area contributed by atoms with Crippen LogP contribution in [-0.2, 0) is 21.2 Å². The van der Waals surface area contributed by atoms with Crippen molar-refractivity contribution in [2.75, 3.05) is 0 Å². The Kier molecular flexibility index (Phi) is 6.69. The summed E-state index contributed by atoms with van der Waals surface area (Å²) in [6, 6.07) is 15.9. The van der Waals surface area contributed by atoms with Gasteiger partial charge in [-0.1, -0.05) is 53.5 Å². The summed E-state index contributed by atoms with van der Waals surface area (Å²) >= 11 is 12.0. The minimum Gasteiger partial charge on any atom is -0.347 e. The van der Waals surface area contributed by atoms with Crippen molar-refractivity contribution in [1.82, 2.24) is 10.3 Å². The van der Waals surface area contributed by atoms with Gasteiger partial charge in [0.1, 0.15) is 4.91 Å². The molecule has 0 saturated heterocycles. The third kappa shape index (κ3) is 5.23. The maximum absolute atomic E-state index is 13.1. The van der Waals surface area contributed by atoms with E-state index in [2.05, 4.69) is 10.3 Å². The lowest BCUT2D eigenvalue weighted by atomic mass is 10.2. The van der Waals surface area contributed by atoms with E-state index in [1.165, 1.54) is 30.3 Å². The largest absolute Gasteiger partial charge is 0.347 e. The zero-order valence-corrected chi connectivity index (χ0v) is 17.4. The fourth-order valence-corrected chi connectivity index (χ4v) is 4.20. The Bertz CT molecular complexity index is 1150. The molecule has 3 rings (SSSR count). The molecule has 29 heavy (non-hydrogen) atoms. The lowest BCUT2D eigenvalue weighted by Crippen LogP contribution is -2.28. The molecular weight excluding hydrogens is 431 g/mol. The van der Waals surface area contributed by atoms with Gasteiger partial charge in [-0.3, -0.25) is 9.78 Å². The summed E-state index contributed by atoms with van der Waals surface area (Å²) < 4.78 is 26.3. The van der Waals surface area contributed by atoms with Crippen molar-refractivity contribution in [2.45, 2.75) is 11.4 Å². The van der Waals surface area contributed by atoms with E-state index in [9.17, 15) is 13.2 Å². The van der Waals surface area contributed by atoms with Crippen LogP contribution < -0.4 is 5.32 Å². The smallest absolute Gasteiger partial charge is 0.263 e. The number of carbonyl (C=O) groups is 1. The highest BCUT2D eigenvalue weighted by Crippen LogP contribution is 2.26. The van der Waals surface area contributed by atoms with Crippen LogP contribution in [0.3, 0.4) is 0 Å². The molecular formula is C21H16Cl2N2O3S. The topological polar surface area (TPSA) is 76.1 Å². The van der Waals surface area contributed by atoms with E-state index >= 15 is 0 Å². The van der Waals surface area contributed by atoms with Crippen LogP contribution in [0.2, 0.25) is 10.0 Å². The molecule has 0 aliphatic heterocycles. The first-order valence-electron chi connectivity index (χ1n) is 8.52. The van der Waals surface area contributed by atoms with Gasteiger partial charge >= 0.3 is 0 Å². The number of rotatable bonds is 6. The molecule has 0 bridgehead atoms. The number of pyridine rings is 1. The molecule has 1 aromatic heterocycles. The molecule has 0 unspecified atom stereocenters. The molecule has 1 heterocycles. The van der Waals surface area contributed by atoms with Gasteiger partial charge in [-0.25, -0.2) is 8.42 Å². The minimum atomic E-state index is -4.07. The van der Waals surface area contributed by atoms with Gasteiger partial charge in [-0.2, -0.15) is 0 Å². The lowest BCUT2D eigenvalue weighted by Gasteiger charge is -2.11. The molecule has 148 valence electrons. The number of carbonyl (C=O) groups excluding carboxylic acids is 1. The third-order valence-corrected chi connectivity index (χ3v) is 6.50. The monoisotopic (exact) mass is 446 g/mol. The minimum absolute atomic E-state index is 0.0165. The number of nitrogens with one attached hydrogen (secondary N) is 1. The van der Waals surface area contributed by atoms with E-state index in [1.807, 2.05) is 0 Å². The van der Waals surface area contributed by atoms with Gasteiger partial charge < -0.3 is 5.32 Å². The van der Waals surface area contributed by atoms with Crippen molar-refractivity contribution in [1.29, 1.82) is 0 Å². The standard InChI is InChI=1S/C21H16Cl2N2O3S/c22-18-9-8-15(11-19(18)23)12-20(29(27,28)17-6-2-1-3-7-17)21(26)25-14-16-5-4-10-24-13-16/h1-13H,14H2,(H,25,26)/b20-12-. The van der Waals surface area contributed by atoms with Crippen LogP contribution >= 0.6 is 23.2 Å². The average Bonchev–Trinajstić information content (AvgIpc) is 2.74. The molecule has 0 aliphatic rings. The van der Waals surface area contributed by atoms with Crippen molar-refractivity contribution >= 4 is 45.0 Å². The fraction of sp³-hybridized carbons (Fsp3) is 0.0476. The molecule has 8 heteroatoms. The number of sulfone groups is 1. The second-order valence-corrected chi connectivity index (χ2v) is 8.78.